The van der Waals surface area contributed by atoms with E-state index in [1.54, 1.807) is 6.07 Å². The fraction of sp³-hybridized carbons (Fsp3) is 0.500. The molecule has 1 fully saturated rings. The van der Waals surface area contributed by atoms with Crippen LogP contribution in [0.2, 0.25) is 10.0 Å². The van der Waals surface area contributed by atoms with Crippen LogP contribution in [0.25, 0.3) is 0 Å². The van der Waals surface area contributed by atoms with Crippen LogP contribution in [0.4, 0.5) is 0 Å². The van der Waals surface area contributed by atoms with Gasteiger partial charge in [-0.1, -0.05) is 36.2 Å². The summed E-state index contributed by atoms with van der Waals surface area (Å²) in [5.41, 5.74) is 5.52. The molecule has 1 aromatic carbocycles. The lowest BCUT2D eigenvalue weighted by Gasteiger charge is -2.23. The molecule has 19 heavy (non-hydrogen) atoms. The monoisotopic (exact) mass is 322 g/mol. The van der Waals surface area contributed by atoms with Gasteiger partial charge in [0.1, 0.15) is 4.90 Å². The van der Waals surface area contributed by atoms with Crippen molar-refractivity contribution in [3.63, 3.8) is 0 Å². The van der Waals surface area contributed by atoms with Gasteiger partial charge in [-0.25, -0.2) is 8.42 Å². The predicted octanol–water partition coefficient (Wildman–Crippen LogP) is 2.35. The molecule has 4 nitrogen and oxygen atoms in total. The summed E-state index contributed by atoms with van der Waals surface area (Å²) in [6.45, 7) is 3.27. The Hall–Kier alpha value is -0.330. The smallest absolute Gasteiger partial charge is 0.246 e. The minimum absolute atomic E-state index is 0.0143. The third kappa shape index (κ3) is 2.76. The van der Waals surface area contributed by atoms with Crippen molar-refractivity contribution in [1.82, 2.24) is 4.31 Å². The molecule has 2 N–H and O–H groups in total. The largest absolute Gasteiger partial charge is 0.330 e. The molecular formula is C12H16Cl2N2O2S. The molecule has 0 aromatic heterocycles. The number of halogens is 2. The van der Waals surface area contributed by atoms with Gasteiger partial charge in [-0.3, -0.25) is 0 Å². The van der Waals surface area contributed by atoms with E-state index in [1.807, 2.05) is 6.92 Å². The van der Waals surface area contributed by atoms with E-state index in [0.717, 1.165) is 6.42 Å². The van der Waals surface area contributed by atoms with Crippen LogP contribution in [0.3, 0.4) is 0 Å². The van der Waals surface area contributed by atoms with Crippen molar-refractivity contribution in [2.45, 2.75) is 18.2 Å². The van der Waals surface area contributed by atoms with Crippen molar-refractivity contribution >= 4 is 33.2 Å². The summed E-state index contributed by atoms with van der Waals surface area (Å²) in [5, 5.41) is 0.294. The Morgan fingerprint density at radius 3 is 2.42 bits per heavy atom. The highest BCUT2D eigenvalue weighted by Gasteiger charge is 2.40. The molecule has 1 atom stereocenters. The molecule has 1 unspecified atom stereocenters. The Labute approximate surface area is 123 Å². The van der Waals surface area contributed by atoms with Crippen LogP contribution < -0.4 is 5.73 Å². The van der Waals surface area contributed by atoms with E-state index in [4.69, 9.17) is 28.9 Å². The number of nitrogens with two attached hydrogens (primary N) is 1. The Morgan fingerprint density at radius 2 is 1.95 bits per heavy atom. The van der Waals surface area contributed by atoms with Crippen LogP contribution in [-0.4, -0.2) is 32.4 Å². The number of nitrogens with zero attached hydrogens (tertiary/aromatic N) is 1. The molecule has 2 rings (SSSR count). The van der Waals surface area contributed by atoms with E-state index in [-0.39, 0.29) is 20.4 Å². The highest BCUT2D eigenvalue weighted by atomic mass is 35.5. The minimum Gasteiger partial charge on any atom is -0.330 e. The summed E-state index contributed by atoms with van der Waals surface area (Å²) in [4.78, 5) is -0.0143. The molecule has 1 aromatic rings. The average molecular weight is 323 g/mol. The number of sulfonamides is 1. The Morgan fingerprint density at radius 1 is 1.37 bits per heavy atom. The molecule has 106 valence electrons. The van der Waals surface area contributed by atoms with Gasteiger partial charge < -0.3 is 5.73 Å². The zero-order valence-corrected chi connectivity index (χ0v) is 12.9. The third-order valence-electron chi connectivity index (χ3n) is 3.53. The standard InChI is InChI=1S/C12H16Cl2N2O2S/c1-12(7-15)5-6-16(8-12)19(17,18)11-9(13)3-2-4-10(11)14/h2-4H,5-8,15H2,1H3. The Bertz CT molecular complexity index is 571. The van der Waals surface area contributed by atoms with Gasteiger partial charge in [0.2, 0.25) is 10.0 Å². The van der Waals surface area contributed by atoms with E-state index >= 15 is 0 Å². The van der Waals surface area contributed by atoms with Crippen LogP contribution in [0, 0.1) is 5.41 Å². The lowest BCUT2D eigenvalue weighted by atomic mass is 9.90. The lowest BCUT2D eigenvalue weighted by Crippen LogP contribution is -2.34. The highest BCUT2D eigenvalue weighted by Crippen LogP contribution is 2.37. The van der Waals surface area contributed by atoms with Crippen LogP contribution in [0.15, 0.2) is 23.1 Å². The van der Waals surface area contributed by atoms with Crippen molar-refractivity contribution < 1.29 is 8.42 Å². The van der Waals surface area contributed by atoms with Gasteiger partial charge >= 0.3 is 0 Å². The third-order valence-corrected chi connectivity index (χ3v) is 6.33. The Balaban J connectivity index is 2.40. The van der Waals surface area contributed by atoms with Gasteiger partial charge in [-0.15, -0.1) is 0 Å². The van der Waals surface area contributed by atoms with Crippen molar-refractivity contribution in [2.24, 2.45) is 11.1 Å². The highest BCUT2D eigenvalue weighted by molar-refractivity contribution is 7.89. The maximum absolute atomic E-state index is 12.6. The first-order chi connectivity index (χ1) is 8.80. The van der Waals surface area contributed by atoms with Gasteiger partial charge in [-0.2, -0.15) is 4.31 Å². The SMILES string of the molecule is CC1(CN)CCN(S(=O)(=O)c2c(Cl)cccc2Cl)C1. The number of rotatable bonds is 3. The molecule has 0 spiro atoms. The molecule has 1 heterocycles. The molecule has 0 bridgehead atoms. The van der Waals surface area contributed by atoms with Crippen LogP contribution in [-0.2, 0) is 10.0 Å². The molecule has 1 saturated heterocycles. The second kappa shape index (κ2) is 5.22. The van der Waals surface area contributed by atoms with Crippen LogP contribution in [0.5, 0.6) is 0 Å². The summed E-state index contributed by atoms with van der Waals surface area (Å²) >= 11 is 12.0. The zero-order valence-electron chi connectivity index (χ0n) is 10.6. The Kier molecular flexibility index (Phi) is 4.14. The first-order valence-corrected chi connectivity index (χ1v) is 8.14. The number of hydrogen-bond donors (Lipinski definition) is 1. The second-order valence-corrected chi connectivity index (χ2v) is 7.84. The first kappa shape index (κ1) is 15.1. The van der Waals surface area contributed by atoms with E-state index in [1.165, 1.54) is 16.4 Å². The van der Waals surface area contributed by atoms with Crippen molar-refractivity contribution in [3.8, 4) is 0 Å². The molecule has 0 saturated carbocycles. The van der Waals surface area contributed by atoms with Gasteiger partial charge in [-0.05, 0) is 30.5 Å². The number of benzene rings is 1. The molecule has 0 radical (unpaired) electrons. The van der Waals surface area contributed by atoms with Gasteiger partial charge in [0.25, 0.3) is 0 Å². The van der Waals surface area contributed by atoms with Crippen molar-refractivity contribution in [1.29, 1.82) is 0 Å². The molecule has 0 amide bonds. The fourth-order valence-electron chi connectivity index (χ4n) is 2.21. The molecule has 7 heteroatoms. The zero-order chi connectivity index (χ0) is 14.3. The number of hydrogen-bond acceptors (Lipinski definition) is 3. The van der Waals surface area contributed by atoms with Gasteiger partial charge in [0.15, 0.2) is 0 Å². The fourth-order valence-corrected chi connectivity index (χ4v) is 4.89. The van der Waals surface area contributed by atoms with E-state index in [0.29, 0.717) is 19.6 Å². The first-order valence-electron chi connectivity index (χ1n) is 5.94. The molecule has 1 aliphatic heterocycles. The van der Waals surface area contributed by atoms with Gasteiger partial charge in [0, 0.05) is 13.1 Å². The maximum atomic E-state index is 12.6. The summed E-state index contributed by atoms with van der Waals surface area (Å²) < 4.78 is 26.6. The van der Waals surface area contributed by atoms with Crippen LogP contribution >= 0.6 is 23.2 Å². The summed E-state index contributed by atoms with van der Waals surface area (Å²) in [6.07, 6.45) is 0.741. The second-order valence-electron chi connectivity index (χ2n) is 5.15. The lowest BCUT2D eigenvalue weighted by molar-refractivity contribution is 0.349. The molecular weight excluding hydrogens is 307 g/mol. The van der Waals surface area contributed by atoms with Gasteiger partial charge in [0.05, 0.1) is 10.0 Å². The predicted molar refractivity (Wildman–Crippen MR) is 77.0 cm³/mol. The summed E-state index contributed by atoms with van der Waals surface area (Å²) in [7, 11) is -3.67. The molecule has 1 aliphatic rings. The van der Waals surface area contributed by atoms with Crippen molar-refractivity contribution in [3.05, 3.63) is 28.2 Å². The van der Waals surface area contributed by atoms with Crippen molar-refractivity contribution in [2.75, 3.05) is 19.6 Å². The average Bonchev–Trinajstić information content (AvgIpc) is 2.73. The van der Waals surface area contributed by atoms with Crippen LogP contribution in [0.1, 0.15) is 13.3 Å². The quantitative estimate of drug-likeness (QED) is 0.929. The molecule has 0 aliphatic carbocycles. The maximum Gasteiger partial charge on any atom is 0.246 e. The van der Waals surface area contributed by atoms with E-state index in [9.17, 15) is 8.42 Å². The normalized spacial score (nSPS) is 24.8. The minimum atomic E-state index is -3.67. The summed E-state index contributed by atoms with van der Waals surface area (Å²) in [6, 6.07) is 4.68. The van der Waals surface area contributed by atoms with E-state index < -0.39 is 10.0 Å². The van der Waals surface area contributed by atoms with E-state index in [2.05, 4.69) is 0 Å². The summed E-state index contributed by atoms with van der Waals surface area (Å²) in [5.74, 6) is 0. The topological polar surface area (TPSA) is 63.4 Å².